The molecule has 0 spiro atoms. The van der Waals surface area contributed by atoms with Crippen LogP contribution in [0.3, 0.4) is 0 Å². The number of nitrogens with one attached hydrogen (secondary N) is 2. The number of carbonyl (C=O) groups is 2. The summed E-state index contributed by atoms with van der Waals surface area (Å²) in [5, 5.41) is 5.81. The van der Waals surface area contributed by atoms with Crippen molar-refractivity contribution in [2.75, 3.05) is 31.6 Å². The summed E-state index contributed by atoms with van der Waals surface area (Å²) in [7, 11) is 0. The van der Waals surface area contributed by atoms with E-state index in [4.69, 9.17) is 4.74 Å². The Morgan fingerprint density at radius 1 is 0.875 bits per heavy atom. The number of hydrogen-bond acceptors (Lipinski definition) is 4. The molecular formula is C26H27N3O3. The van der Waals surface area contributed by atoms with Gasteiger partial charge in [-0.25, -0.2) is 0 Å². The average molecular weight is 430 g/mol. The van der Waals surface area contributed by atoms with Crippen molar-refractivity contribution in [3.8, 4) is 0 Å². The largest absolute Gasteiger partial charge is 0.374 e. The highest BCUT2D eigenvalue weighted by Gasteiger charge is 2.22. The zero-order valence-electron chi connectivity index (χ0n) is 17.9. The van der Waals surface area contributed by atoms with Gasteiger partial charge in [0.15, 0.2) is 0 Å². The summed E-state index contributed by atoms with van der Waals surface area (Å²) in [4.78, 5) is 27.7. The maximum atomic E-state index is 12.9. The van der Waals surface area contributed by atoms with E-state index in [-0.39, 0.29) is 17.9 Å². The van der Waals surface area contributed by atoms with Crippen LogP contribution in [0.2, 0.25) is 0 Å². The van der Waals surface area contributed by atoms with Crippen molar-refractivity contribution < 1.29 is 14.3 Å². The predicted octanol–water partition coefficient (Wildman–Crippen LogP) is 3.57. The van der Waals surface area contributed by atoms with Gasteiger partial charge in [0, 0.05) is 31.7 Å². The summed E-state index contributed by atoms with van der Waals surface area (Å²) >= 11 is 0. The fourth-order valence-electron chi connectivity index (χ4n) is 3.77. The van der Waals surface area contributed by atoms with Gasteiger partial charge >= 0.3 is 0 Å². The molecule has 1 atom stereocenters. The molecule has 1 unspecified atom stereocenters. The van der Waals surface area contributed by atoms with Gasteiger partial charge in [-0.2, -0.15) is 0 Å². The molecule has 3 aromatic rings. The van der Waals surface area contributed by atoms with Crippen molar-refractivity contribution in [2.24, 2.45) is 0 Å². The van der Waals surface area contributed by atoms with Crippen LogP contribution in [-0.2, 0) is 11.3 Å². The lowest BCUT2D eigenvalue weighted by Gasteiger charge is -2.33. The van der Waals surface area contributed by atoms with Crippen molar-refractivity contribution in [1.82, 2.24) is 10.2 Å². The first-order valence-electron chi connectivity index (χ1n) is 10.8. The molecular weight excluding hydrogens is 402 g/mol. The molecule has 0 aromatic heterocycles. The van der Waals surface area contributed by atoms with E-state index in [9.17, 15) is 9.59 Å². The summed E-state index contributed by atoms with van der Waals surface area (Å²) in [6.45, 7) is 3.53. The molecule has 0 saturated carbocycles. The van der Waals surface area contributed by atoms with Crippen LogP contribution in [0.1, 0.15) is 26.3 Å². The third-order valence-corrected chi connectivity index (χ3v) is 5.42. The average Bonchev–Trinajstić information content (AvgIpc) is 2.84. The number of carbonyl (C=O) groups excluding carboxylic acids is 2. The van der Waals surface area contributed by atoms with Crippen LogP contribution < -0.4 is 10.6 Å². The van der Waals surface area contributed by atoms with Crippen LogP contribution in [0.15, 0.2) is 84.9 Å². The van der Waals surface area contributed by atoms with Crippen molar-refractivity contribution in [2.45, 2.75) is 12.6 Å². The fraction of sp³-hybridized carbons (Fsp3) is 0.231. The number of rotatable bonds is 7. The number of amides is 2. The molecule has 32 heavy (non-hydrogen) atoms. The fourth-order valence-corrected chi connectivity index (χ4v) is 3.77. The first kappa shape index (κ1) is 21.7. The zero-order valence-corrected chi connectivity index (χ0v) is 17.9. The standard InChI is InChI=1S/C26H27N3O3/c30-25(21-11-5-2-6-12-21)28-24-14-8-7-13-23(24)26(31)27-17-22-19-29(15-16-32-22)18-20-9-3-1-4-10-20/h1-14,22H,15-19H2,(H,27,31)(H,28,30). The number of nitrogens with zero attached hydrogens (tertiary/aromatic N) is 1. The summed E-state index contributed by atoms with van der Waals surface area (Å²) in [5.74, 6) is -0.490. The predicted molar refractivity (Wildman–Crippen MR) is 125 cm³/mol. The smallest absolute Gasteiger partial charge is 0.255 e. The lowest BCUT2D eigenvalue weighted by Crippen LogP contribution is -2.47. The molecule has 164 valence electrons. The lowest BCUT2D eigenvalue weighted by molar-refractivity contribution is -0.0292. The highest BCUT2D eigenvalue weighted by Crippen LogP contribution is 2.17. The minimum atomic E-state index is -0.252. The van der Waals surface area contributed by atoms with Crippen LogP contribution in [-0.4, -0.2) is 49.1 Å². The summed E-state index contributed by atoms with van der Waals surface area (Å²) in [6.07, 6.45) is -0.0810. The monoisotopic (exact) mass is 429 g/mol. The van der Waals surface area contributed by atoms with Gasteiger partial charge in [-0.05, 0) is 29.8 Å². The molecule has 6 heteroatoms. The lowest BCUT2D eigenvalue weighted by atomic mass is 10.1. The van der Waals surface area contributed by atoms with Gasteiger partial charge in [-0.3, -0.25) is 14.5 Å². The number of benzene rings is 3. The Hall–Kier alpha value is -3.48. The van der Waals surface area contributed by atoms with E-state index in [1.54, 1.807) is 48.5 Å². The first-order chi connectivity index (χ1) is 15.7. The Balaban J connectivity index is 1.33. The van der Waals surface area contributed by atoms with Gasteiger partial charge in [-0.1, -0.05) is 60.7 Å². The van der Waals surface area contributed by atoms with E-state index < -0.39 is 0 Å². The molecule has 4 rings (SSSR count). The maximum Gasteiger partial charge on any atom is 0.255 e. The third-order valence-electron chi connectivity index (χ3n) is 5.42. The Labute approximate surface area is 188 Å². The van der Waals surface area contributed by atoms with Crippen molar-refractivity contribution in [3.05, 3.63) is 102 Å². The summed E-state index contributed by atoms with van der Waals surface area (Å²) < 4.78 is 5.86. The SMILES string of the molecule is O=C(Nc1ccccc1C(=O)NCC1CN(Cc2ccccc2)CCO1)c1ccccc1. The van der Waals surface area contributed by atoms with Crippen LogP contribution in [0.4, 0.5) is 5.69 Å². The topological polar surface area (TPSA) is 70.7 Å². The van der Waals surface area contributed by atoms with E-state index in [0.29, 0.717) is 30.0 Å². The van der Waals surface area contributed by atoms with Crippen LogP contribution in [0, 0.1) is 0 Å². The van der Waals surface area contributed by atoms with Crippen LogP contribution in [0.5, 0.6) is 0 Å². The Kier molecular flexibility index (Phi) is 7.27. The molecule has 2 N–H and O–H groups in total. The Bertz CT molecular complexity index is 1040. The molecule has 1 heterocycles. The van der Waals surface area contributed by atoms with E-state index in [0.717, 1.165) is 19.6 Å². The van der Waals surface area contributed by atoms with E-state index >= 15 is 0 Å². The third kappa shape index (κ3) is 5.81. The van der Waals surface area contributed by atoms with Crippen LogP contribution >= 0.6 is 0 Å². The second-order valence-electron chi connectivity index (χ2n) is 7.79. The number of anilines is 1. The normalized spacial score (nSPS) is 16.3. The van der Waals surface area contributed by atoms with Gasteiger partial charge in [0.1, 0.15) is 0 Å². The minimum absolute atomic E-state index is 0.0810. The molecule has 6 nitrogen and oxygen atoms in total. The molecule has 2 amide bonds. The van der Waals surface area contributed by atoms with Crippen molar-refractivity contribution >= 4 is 17.5 Å². The summed E-state index contributed by atoms with van der Waals surface area (Å²) in [5.41, 5.74) is 2.71. The number of hydrogen-bond donors (Lipinski definition) is 2. The van der Waals surface area contributed by atoms with Gasteiger partial charge in [0.05, 0.1) is 24.0 Å². The molecule has 0 bridgehead atoms. The Morgan fingerprint density at radius 2 is 1.56 bits per heavy atom. The van der Waals surface area contributed by atoms with Gasteiger partial charge in [0.25, 0.3) is 11.8 Å². The highest BCUT2D eigenvalue weighted by molar-refractivity contribution is 6.08. The molecule has 1 saturated heterocycles. The molecule has 0 aliphatic carbocycles. The Morgan fingerprint density at radius 3 is 2.34 bits per heavy atom. The highest BCUT2D eigenvalue weighted by atomic mass is 16.5. The number of morpholine rings is 1. The molecule has 0 radical (unpaired) electrons. The van der Waals surface area contributed by atoms with E-state index in [1.807, 2.05) is 24.3 Å². The second-order valence-corrected chi connectivity index (χ2v) is 7.79. The molecule has 3 aromatic carbocycles. The van der Waals surface area contributed by atoms with Gasteiger partial charge < -0.3 is 15.4 Å². The maximum absolute atomic E-state index is 12.9. The van der Waals surface area contributed by atoms with Crippen LogP contribution in [0.25, 0.3) is 0 Å². The molecule has 1 aliphatic rings. The number of para-hydroxylation sites is 1. The van der Waals surface area contributed by atoms with Gasteiger partial charge in [0.2, 0.25) is 0 Å². The van der Waals surface area contributed by atoms with E-state index in [1.165, 1.54) is 5.56 Å². The van der Waals surface area contributed by atoms with Crippen molar-refractivity contribution in [3.63, 3.8) is 0 Å². The zero-order chi connectivity index (χ0) is 22.2. The van der Waals surface area contributed by atoms with E-state index in [2.05, 4.69) is 27.7 Å². The van der Waals surface area contributed by atoms with Gasteiger partial charge in [-0.15, -0.1) is 0 Å². The molecule has 1 fully saturated rings. The second kappa shape index (κ2) is 10.7. The van der Waals surface area contributed by atoms with Crippen molar-refractivity contribution in [1.29, 1.82) is 0 Å². The number of ether oxygens (including phenoxy) is 1. The summed E-state index contributed by atoms with van der Waals surface area (Å²) in [6, 6.07) is 26.3. The quantitative estimate of drug-likeness (QED) is 0.602. The first-order valence-corrected chi connectivity index (χ1v) is 10.8. The molecule has 1 aliphatic heterocycles. The minimum Gasteiger partial charge on any atom is -0.374 e.